The third kappa shape index (κ3) is 4.77. The SMILES string of the molecule is CC(=O)N[C@H](Cc1c[nH]c2cc(Br)ccc12)C(=O)N[C@H](C)c1ccccc1. The second-order valence-electron chi connectivity index (χ2n) is 6.60. The molecule has 0 fully saturated rings. The molecule has 1 heterocycles. The summed E-state index contributed by atoms with van der Waals surface area (Å²) in [6.45, 7) is 3.36. The number of rotatable bonds is 6. The van der Waals surface area contributed by atoms with Gasteiger partial charge >= 0.3 is 0 Å². The Labute approximate surface area is 166 Å². The van der Waals surface area contributed by atoms with Gasteiger partial charge in [-0.05, 0) is 30.2 Å². The summed E-state index contributed by atoms with van der Waals surface area (Å²) in [6.07, 6.45) is 2.30. The fourth-order valence-corrected chi connectivity index (χ4v) is 3.50. The van der Waals surface area contributed by atoms with Crippen molar-refractivity contribution in [2.75, 3.05) is 0 Å². The monoisotopic (exact) mass is 427 g/mol. The molecule has 0 aliphatic carbocycles. The summed E-state index contributed by atoms with van der Waals surface area (Å²) in [6, 6.07) is 14.9. The Balaban J connectivity index is 1.78. The third-order valence-electron chi connectivity index (χ3n) is 4.51. The number of aromatic amines is 1. The molecule has 0 aliphatic heterocycles. The second kappa shape index (κ2) is 8.39. The zero-order chi connectivity index (χ0) is 19.4. The van der Waals surface area contributed by atoms with E-state index in [2.05, 4.69) is 31.5 Å². The quantitative estimate of drug-likeness (QED) is 0.558. The van der Waals surface area contributed by atoms with E-state index in [0.717, 1.165) is 26.5 Å². The smallest absolute Gasteiger partial charge is 0.243 e. The highest BCUT2D eigenvalue weighted by atomic mass is 79.9. The Morgan fingerprint density at radius 3 is 2.56 bits per heavy atom. The molecular formula is C21H22BrN3O2. The number of halogens is 1. The first kappa shape index (κ1) is 19.2. The number of amides is 2. The lowest BCUT2D eigenvalue weighted by molar-refractivity contribution is -0.128. The number of fused-ring (bicyclic) bond motifs is 1. The summed E-state index contributed by atoms with van der Waals surface area (Å²) < 4.78 is 0.983. The van der Waals surface area contributed by atoms with Crippen molar-refractivity contribution in [2.24, 2.45) is 0 Å². The minimum Gasteiger partial charge on any atom is -0.361 e. The van der Waals surface area contributed by atoms with Crippen LogP contribution >= 0.6 is 15.9 Å². The molecule has 1 aromatic heterocycles. The first-order valence-corrected chi connectivity index (χ1v) is 9.61. The number of benzene rings is 2. The molecule has 2 amide bonds. The molecule has 27 heavy (non-hydrogen) atoms. The fourth-order valence-electron chi connectivity index (χ4n) is 3.14. The first-order chi connectivity index (χ1) is 12.9. The number of nitrogens with one attached hydrogen (secondary N) is 3. The van der Waals surface area contributed by atoms with Crippen LogP contribution in [0.4, 0.5) is 0 Å². The summed E-state index contributed by atoms with van der Waals surface area (Å²) in [5.74, 6) is -0.432. The van der Waals surface area contributed by atoms with Crippen molar-refractivity contribution in [1.29, 1.82) is 0 Å². The van der Waals surface area contributed by atoms with Gasteiger partial charge in [-0.1, -0.05) is 52.3 Å². The molecule has 0 bridgehead atoms. The fraction of sp³-hybridized carbons (Fsp3) is 0.238. The summed E-state index contributed by atoms with van der Waals surface area (Å²) >= 11 is 3.46. The maximum atomic E-state index is 12.8. The van der Waals surface area contributed by atoms with Crippen molar-refractivity contribution in [1.82, 2.24) is 15.6 Å². The van der Waals surface area contributed by atoms with Crippen molar-refractivity contribution in [3.05, 3.63) is 70.3 Å². The van der Waals surface area contributed by atoms with Crippen LogP contribution in [0.2, 0.25) is 0 Å². The van der Waals surface area contributed by atoms with Gasteiger partial charge in [-0.15, -0.1) is 0 Å². The zero-order valence-corrected chi connectivity index (χ0v) is 16.8. The van der Waals surface area contributed by atoms with E-state index in [9.17, 15) is 9.59 Å². The third-order valence-corrected chi connectivity index (χ3v) is 5.00. The van der Waals surface area contributed by atoms with Crippen LogP contribution in [0.25, 0.3) is 10.9 Å². The molecular weight excluding hydrogens is 406 g/mol. The summed E-state index contributed by atoms with van der Waals surface area (Å²) in [5, 5.41) is 6.82. The number of H-pyrrole nitrogens is 1. The average molecular weight is 428 g/mol. The van der Waals surface area contributed by atoms with Crippen molar-refractivity contribution < 1.29 is 9.59 Å². The van der Waals surface area contributed by atoms with Gasteiger partial charge in [0.25, 0.3) is 0 Å². The summed E-state index contributed by atoms with van der Waals surface area (Å²) in [5.41, 5.74) is 2.99. The molecule has 140 valence electrons. The highest BCUT2D eigenvalue weighted by Crippen LogP contribution is 2.23. The molecule has 3 rings (SSSR count). The van der Waals surface area contributed by atoms with Gasteiger partial charge in [0.1, 0.15) is 6.04 Å². The maximum absolute atomic E-state index is 12.8. The molecule has 0 saturated heterocycles. The van der Waals surface area contributed by atoms with Gasteiger partial charge in [-0.3, -0.25) is 9.59 Å². The largest absolute Gasteiger partial charge is 0.361 e. The van der Waals surface area contributed by atoms with E-state index in [-0.39, 0.29) is 17.9 Å². The number of carbonyl (C=O) groups excluding carboxylic acids is 2. The number of hydrogen-bond donors (Lipinski definition) is 3. The molecule has 6 heteroatoms. The van der Waals surface area contributed by atoms with Crippen LogP contribution in [-0.4, -0.2) is 22.8 Å². The number of carbonyl (C=O) groups is 2. The normalized spacial score (nSPS) is 13.1. The Kier molecular flexibility index (Phi) is 5.96. The standard InChI is InChI=1S/C21H22BrN3O2/c1-13(15-6-4-3-5-7-15)24-21(27)20(25-14(2)26)10-16-12-23-19-11-17(22)8-9-18(16)19/h3-9,11-13,20,23H,10H2,1-2H3,(H,24,27)(H,25,26)/t13-,20-/m1/s1. The number of aromatic nitrogens is 1. The Hall–Kier alpha value is -2.60. The Morgan fingerprint density at radius 2 is 1.85 bits per heavy atom. The van der Waals surface area contributed by atoms with Crippen LogP contribution in [0, 0.1) is 0 Å². The lowest BCUT2D eigenvalue weighted by Gasteiger charge is -2.21. The van der Waals surface area contributed by atoms with Crippen LogP contribution in [-0.2, 0) is 16.0 Å². The van der Waals surface area contributed by atoms with E-state index in [0.29, 0.717) is 6.42 Å². The van der Waals surface area contributed by atoms with E-state index < -0.39 is 6.04 Å². The molecule has 2 atom stereocenters. The molecule has 0 aliphatic rings. The number of hydrogen-bond acceptors (Lipinski definition) is 2. The summed E-state index contributed by atoms with van der Waals surface area (Å²) in [7, 11) is 0. The van der Waals surface area contributed by atoms with E-state index >= 15 is 0 Å². The molecule has 0 unspecified atom stereocenters. The van der Waals surface area contributed by atoms with E-state index in [1.807, 2.05) is 61.7 Å². The van der Waals surface area contributed by atoms with Gasteiger partial charge in [0.05, 0.1) is 6.04 Å². The lowest BCUT2D eigenvalue weighted by Crippen LogP contribution is -2.47. The predicted octanol–water partition coefficient (Wildman–Crippen LogP) is 3.86. The molecule has 0 saturated carbocycles. The van der Waals surface area contributed by atoms with Crippen LogP contribution < -0.4 is 10.6 Å². The van der Waals surface area contributed by atoms with Crippen LogP contribution in [0.3, 0.4) is 0 Å². The van der Waals surface area contributed by atoms with Crippen LogP contribution in [0.1, 0.15) is 31.0 Å². The molecule has 2 aromatic carbocycles. The molecule has 3 N–H and O–H groups in total. The molecule has 5 nitrogen and oxygen atoms in total. The summed E-state index contributed by atoms with van der Waals surface area (Å²) in [4.78, 5) is 27.7. The first-order valence-electron chi connectivity index (χ1n) is 8.82. The van der Waals surface area contributed by atoms with E-state index in [1.54, 1.807) is 0 Å². The van der Waals surface area contributed by atoms with Crippen LogP contribution in [0.5, 0.6) is 0 Å². The minimum atomic E-state index is -0.642. The maximum Gasteiger partial charge on any atom is 0.243 e. The lowest BCUT2D eigenvalue weighted by atomic mass is 10.0. The molecule has 0 radical (unpaired) electrons. The highest BCUT2D eigenvalue weighted by Gasteiger charge is 2.23. The van der Waals surface area contributed by atoms with Crippen molar-refractivity contribution in [2.45, 2.75) is 32.4 Å². The molecule has 3 aromatic rings. The Bertz CT molecular complexity index is 952. The van der Waals surface area contributed by atoms with Gasteiger partial charge in [-0.25, -0.2) is 0 Å². The topological polar surface area (TPSA) is 74.0 Å². The predicted molar refractivity (Wildman–Crippen MR) is 110 cm³/mol. The molecule has 0 spiro atoms. The minimum absolute atomic E-state index is 0.145. The van der Waals surface area contributed by atoms with Gasteiger partial charge in [0.2, 0.25) is 11.8 Å². The average Bonchev–Trinajstić information content (AvgIpc) is 3.03. The van der Waals surface area contributed by atoms with Crippen molar-refractivity contribution in [3.8, 4) is 0 Å². The van der Waals surface area contributed by atoms with Gasteiger partial charge < -0.3 is 15.6 Å². The zero-order valence-electron chi connectivity index (χ0n) is 15.3. The highest BCUT2D eigenvalue weighted by molar-refractivity contribution is 9.10. The van der Waals surface area contributed by atoms with Crippen molar-refractivity contribution >= 4 is 38.6 Å². The van der Waals surface area contributed by atoms with Gasteiger partial charge in [-0.2, -0.15) is 0 Å². The van der Waals surface area contributed by atoms with Crippen molar-refractivity contribution in [3.63, 3.8) is 0 Å². The second-order valence-corrected chi connectivity index (χ2v) is 7.52. The van der Waals surface area contributed by atoms with Gasteiger partial charge in [0.15, 0.2) is 0 Å². The Morgan fingerprint density at radius 1 is 1.11 bits per heavy atom. The van der Waals surface area contributed by atoms with E-state index in [4.69, 9.17) is 0 Å². The van der Waals surface area contributed by atoms with Gasteiger partial charge in [0, 0.05) is 34.9 Å². The van der Waals surface area contributed by atoms with Crippen LogP contribution in [0.15, 0.2) is 59.2 Å². The van der Waals surface area contributed by atoms with E-state index in [1.165, 1.54) is 6.92 Å².